The van der Waals surface area contributed by atoms with Crippen molar-refractivity contribution in [1.82, 2.24) is 0 Å². The van der Waals surface area contributed by atoms with Crippen molar-refractivity contribution in [3.63, 3.8) is 0 Å². The highest BCUT2D eigenvalue weighted by Crippen LogP contribution is 2.27. The van der Waals surface area contributed by atoms with Crippen LogP contribution in [0.4, 0.5) is 4.39 Å². The summed E-state index contributed by atoms with van der Waals surface area (Å²) in [6.07, 6.45) is 0. The molecule has 0 aliphatic heterocycles. The lowest BCUT2D eigenvalue weighted by molar-refractivity contribution is 0.624. The van der Waals surface area contributed by atoms with E-state index in [9.17, 15) is 4.39 Å². The zero-order chi connectivity index (χ0) is 12.3. The van der Waals surface area contributed by atoms with Gasteiger partial charge in [-0.15, -0.1) is 11.8 Å². The summed E-state index contributed by atoms with van der Waals surface area (Å²) in [6.45, 7) is 0. The summed E-state index contributed by atoms with van der Waals surface area (Å²) in [5, 5.41) is 1.12. The second-order valence-corrected chi connectivity index (χ2v) is 5.45. The van der Waals surface area contributed by atoms with Gasteiger partial charge in [-0.25, -0.2) is 4.39 Å². The molecule has 0 N–H and O–H groups in total. The Bertz CT molecular complexity index is 508. The number of hydrogen-bond acceptors (Lipinski definition) is 1. The van der Waals surface area contributed by atoms with E-state index in [2.05, 4.69) is 0 Å². The first-order valence-corrected chi connectivity index (χ1v) is 6.71. The first-order valence-electron chi connectivity index (χ1n) is 4.97. The van der Waals surface area contributed by atoms with Crippen LogP contribution in [0.2, 0.25) is 10.0 Å². The van der Waals surface area contributed by atoms with Crippen molar-refractivity contribution in [1.29, 1.82) is 0 Å². The SMILES string of the molecule is Fc1cc(Cl)cc(SCc2cccc(Cl)c2)c1. The smallest absolute Gasteiger partial charge is 0.125 e. The molecule has 0 bridgehead atoms. The number of hydrogen-bond donors (Lipinski definition) is 0. The molecular formula is C13H9Cl2FS. The Morgan fingerprint density at radius 1 is 1.00 bits per heavy atom. The van der Waals surface area contributed by atoms with Crippen LogP contribution in [0.3, 0.4) is 0 Å². The van der Waals surface area contributed by atoms with Gasteiger partial charge in [-0.1, -0.05) is 35.3 Å². The predicted octanol–water partition coefficient (Wildman–Crippen LogP) is 5.42. The topological polar surface area (TPSA) is 0 Å². The van der Waals surface area contributed by atoms with E-state index in [-0.39, 0.29) is 5.82 Å². The van der Waals surface area contributed by atoms with Crippen LogP contribution in [-0.4, -0.2) is 0 Å². The monoisotopic (exact) mass is 286 g/mol. The van der Waals surface area contributed by atoms with E-state index >= 15 is 0 Å². The van der Waals surface area contributed by atoms with Crippen molar-refractivity contribution >= 4 is 35.0 Å². The zero-order valence-electron chi connectivity index (χ0n) is 8.79. The van der Waals surface area contributed by atoms with E-state index in [0.29, 0.717) is 10.0 Å². The molecule has 2 aromatic rings. The first kappa shape index (κ1) is 12.7. The molecule has 0 radical (unpaired) electrons. The van der Waals surface area contributed by atoms with Crippen LogP contribution in [0.25, 0.3) is 0 Å². The molecule has 0 spiro atoms. The van der Waals surface area contributed by atoms with Gasteiger partial charge in [0.15, 0.2) is 0 Å². The summed E-state index contributed by atoms with van der Waals surface area (Å²) in [5.41, 5.74) is 1.10. The molecule has 0 heterocycles. The second-order valence-electron chi connectivity index (χ2n) is 3.52. The average Bonchev–Trinajstić information content (AvgIpc) is 2.25. The minimum absolute atomic E-state index is 0.314. The minimum atomic E-state index is -0.314. The number of thioether (sulfide) groups is 1. The number of rotatable bonds is 3. The van der Waals surface area contributed by atoms with Crippen molar-refractivity contribution in [2.75, 3.05) is 0 Å². The van der Waals surface area contributed by atoms with Crippen LogP contribution >= 0.6 is 35.0 Å². The van der Waals surface area contributed by atoms with E-state index in [1.807, 2.05) is 24.3 Å². The van der Waals surface area contributed by atoms with Gasteiger partial charge in [0.1, 0.15) is 5.82 Å². The summed E-state index contributed by atoms with van der Waals surface area (Å²) < 4.78 is 13.1. The fourth-order valence-corrected chi connectivity index (χ4v) is 2.82. The Morgan fingerprint density at radius 2 is 1.82 bits per heavy atom. The molecule has 88 valence electrons. The van der Waals surface area contributed by atoms with Gasteiger partial charge in [0.05, 0.1) is 0 Å². The van der Waals surface area contributed by atoms with E-state index in [1.165, 1.54) is 23.9 Å². The fourth-order valence-electron chi connectivity index (χ4n) is 1.41. The Labute approximate surface area is 114 Å². The lowest BCUT2D eigenvalue weighted by Crippen LogP contribution is -1.82. The maximum absolute atomic E-state index is 13.1. The number of benzene rings is 2. The quantitative estimate of drug-likeness (QED) is 0.679. The number of halogens is 3. The van der Waals surface area contributed by atoms with Crippen LogP contribution in [0.1, 0.15) is 5.56 Å². The van der Waals surface area contributed by atoms with Gasteiger partial charge in [-0.3, -0.25) is 0 Å². The van der Waals surface area contributed by atoms with Gasteiger partial charge in [-0.2, -0.15) is 0 Å². The highest BCUT2D eigenvalue weighted by molar-refractivity contribution is 7.98. The van der Waals surface area contributed by atoms with E-state index in [4.69, 9.17) is 23.2 Å². The molecular weight excluding hydrogens is 278 g/mol. The highest BCUT2D eigenvalue weighted by atomic mass is 35.5. The van der Waals surface area contributed by atoms with Gasteiger partial charge in [-0.05, 0) is 35.9 Å². The van der Waals surface area contributed by atoms with Crippen LogP contribution in [0.15, 0.2) is 47.4 Å². The van der Waals surface area contributed by atoms with Crippen LogP contribution in [-0.2, 0) is 5.75 Å². The molecule has 0 amide bonds. The van der Waals surface area contributed by atoms with Gasteiger partial charge < -0.3 is 0 Å². The molecule has 0 saturated heterocycles. The molecule has 17 heavy (non-hydrogen) atoms. The summed E-state index contributed by atoms with van der Waals surface area (Å²) in [4.78, 5) is 0.815. The lowest BCUT2D eigenvalue weighted by atomic mass is 10.2. The van der Waals surface area contributed by atoms with Gasteiger partial charge >= 0.3 is 0 Å². The summed E-state index contributed by atoms with van der Waals surface area (Å²) in [6, 6.07) is 12.1. The summed E-state index contributed by atoms with van der Waals surface area (Å²) >= 11 is 13.2. The molecule has 0 unspecified atom stereocenters. The third-order valence-corrected chi connectivity index (χ3v) is 3.63. The van der Waals surface area contributed by atoms with Crippen LogP contribution in [0, 0.1) is 5.82 Å². The molecule has 2 aromatic carbocycles. The van der Waals surface area contributed by atoms with Gasteiger partial charge in [0.25, 0.3) is 0 Å². The predicted molar refractivity (Wildman–Crippen MR) is 72.4 cm³/mol. The summed E-state index contributed by atoms with van der Waals surface area (Å²) in [5.74, 6) is 0.423. The lowest BCUT2D eigenvalue weighted by Gasteiger charge is -2.03. The van der Waals surface area contributed by atoms with E-state index in [1.54, 1.807) is 6.07 Å². The maximum atomic E-state index is 13.1. The molecule has 0 atom stereocenters. The normalized spacial score (nSPS) is 10.5. The van der Waals surface area contributed by atoms with Gasteiger partial charge in [0.2, 0.25) is 0 Å². The van der Waals surface area contributed by atoms with Crippen molar-refractivity contribution in [2.24, 2.45) is 0 Å². The largest absolute Gasteiger partial charge is 0.207 e. The second kappa shape index (κ2) is 5.76. The van der Waals surface area contributed by atoms with Crippen LogP contribution < -0.4 is 0 Å². The van der Waals surface area contributed by atoms with E-state index in [0.717, 1.165) is 16.2 Å². The van der Waals surface area contributed by atoms with E-state index < -0.39 is 0 Å². The third kappa shape index (κ3) is 3.91. The Morgan fingerprint density at radius 3 is 2.53 bits per heavy atom. The summed E-state index contributed by atoms with van der Waals surface area (Å²) in [7, 11) is 0. The van der Waals surface area contributed by atoms with Crippen molar-refractivity contribution in [3.05, 3.63) is 63.9 Å². The average molecular weight is 287 g/mol. The van der Waals surface area contributed by atoms with Crippen molar-refractivity contribution < 1.29 is 4.39 Å². The molecule has 0 aliphatic rings. The highest BCUT2D eigenvalue weighted by Gasteiger charge is 2.01. The maximum Gasteiger partial charge on any atom is 0.125 e. The fraction of sp³-hybridized carbons (Fsp3) is 0.0769. The molecule has 2 rings (SSSR count). The Hall–Kier alpha value is -0.700. The first-order chi connectivity index (χ1) is 8.13. The molecule has 0 fully saturated rings. The van der Waals surface area contributed by atoms with Crippen molar-refractivity contribution in [3.8, 4) is 0 Å². The molecule has 0 nitrogen and oxygen atoms in total. The molecule has 0 saturated carbocycles. The van der Waals surface area contributed by atoms with Crippen molar-refractivity contribution in [2.45, 2.75) is 10.6 Å². The minimum Gasteiger partial charge on any atom is -0.207 e. The molecule has 4 heteroatoms. The van der Waals surface area contributed by atoms with Gasteiger partial charge in [0, 0.05) is 20.7 Å². The Balaban J connectivity index is 2.07. The molecule has 0 aliphatic carbocycles. The third-order valence-electron chi connectivity index (χ3n) is 2.13. The zero-order valence-corrected chi connectivity index (χ0v) is 11.1. The Kier molecular flexibility index (Phi) is 4.32. The standard InChI is InChI=1S/C13H9Cl2FS/c14-10-3-1-2-9(4-10)8-17-13-6-11(15)5-12(16)7-13/h1-7H,8H2. The van der Waals surface area contributed by atoms with Crippen LogP contribution in [0.5, 0.6) is 0 Å². The molecule has 0 aromatic heterocycles.